The Morgan fingerprint density at radius 3 is 2.54 bits per heavy atom. The minimum absolute atomic E-state index is 0.0168. The van der Waals surface area contributed by atoms with Gasteiger partial charge in [0, 0.05) is 27.7 Å². The Kier molecular flexibility index (Phi) is 4.67. The average Bonchev–Trinajstić information content (AvgIpc) is 3.30. The molecule has 0 aliphatic carbocycles. The molecular weight excluding hydrogens is 426 g/mol. The van der Waals surface area contributed by atoms with Crippen LogP contribution in [0.2, 0.25) is 0 Å². The lowest BCUT2D eigenvalue weighted by atomic mass is 10.1. The van der Waals surface area contributed by atoms with Crippen molar-refractivity contribution in [1.29, 1.82) is 0 Å². The number of esters is 1. The molecule has 0 bridgehead atoms. The maximum absolute atomic E-state index is 12.1. The van der Waals surface area contributed by atoms with Crippen molar-refractivity contribution < 1.29 is 18.9 Å². The highest BCUT2D eigenvalue weighted by atomic mass is 79.9. The fourth-order valence-corrected chi connectivity index (χ4v) is 3.34. The van der Waals surface area contributed by atoms with Crippen molar-refractivity contribution in [1.82, 2.24) is 0 Å². The number of non-ortho nitro benzene ring substituents is 1. The van der Waals surface area contributed by atoms with E-state index in [0.717, 1.165) is 5.56 Å². The van der Waals surface area contributed by atoms with E-state index < -0.39 is 10.9 Å². The number of carbonyl (C=O) groups is 1. The number of carbonyl (C=O) groups excluding carboxylic acids is 1. The van der Waals surface area contributed by atoms with Gasteiger partial charge in [-0.15, -0.1) is 0 Å². The Bertz CT molecular complexity index is 1140. The number of nitrogens with zero attached hydrogens (tertiary/aromatic N) is 1. The number of hydrogen-bond donors (Lipinski definition) is 0. The van der Waals surface area contributed by atoms with Gasteiger partial charge in [-0.1, -0.05) is 30.3 Å². The number of ether oxygens (including phenoxy) is 1. The first-order valence-electron chi connectivity index (χ1n) is 8.26. The van der Waals surface area contributed by atoms with E-state index in [2.05, 4.69) is 15.9 Å². The lowest BCUT2D eigenvalue weighted by Gasteiger charge is -2.01. The molecule has 1 aliphatic rings. The van der Waals surface area contributed by atoms with Crippen LogP contribution in [0.4, 0.5) is 5.69 Å². The standard InChI is InChI=1S/C21H12BrNO5/c22-18-12-15(23(25)26)6-8-17(18)19-9-7-16(27-19)10-14-11-20(28-21(14)24)13-4-2-1-3-5-13/h1-12H/b14-10-. The summed E-state index contributed by atoms with van der Waals surface area (Å²) >= 11 is 3.33. The summed E-state index contributed by atoms with van der Waals surface area (Å²) in [6.07, 6.45) is 3.27. The largest absolute Gasteiger partial charge is 0.457 e. The molecule has 0 unspecified atom stereocenters. The lowest BCUT2D eigenvalue weighted by Crippen LogP contribution is -1.96. The predicted molar refractivity (Wildman–Crippen MR) is 107 cm³/mol. The molecule has 0 radical (unpaired) electrons. The van der Waals surface area contributed by atoms with Crippen LogP contribution >= 0.6 is 15.9 Å². The number of nitro benzene ring substituents is 1. The lowest BCUT2D eigenvalue weighted by molar-refractivity contribution is -0.384. The summed E-state index contributed by atoms with van der Waals surface area (Å²) in [4.78, 5) is 22.5. The number of furan rings is 1. The first-order chi connectivity index (χ1) is 13.5. The number of halogens is 1. The molecule has 0 saturated carbocycles. The minimum Gasteiger partial charge on any atom is -0.457 e. The van der Waals surface area contributed by atoms with Gasteiger partial charge in [0.1, 0.15) is 17.3 Å². The normalized spacial score (nSPS) is 14.8. The van der Waals surface area contributed by atoms with E-state index in [9.17, 15) is 14.9 Å². The van der Waals surface area contributed by atoms with Crippen molar-refractivity contribution >= 4 is 39.4 Å². The van der Waals surface area contributed by atoms with Crippen LogP contribution < -0.4 is 0 Å². The SMILES string of the molecule is O=C1OC(c2ccccc2)=C/C1=C/c1ccc(-c2ccc([N+](=O)[O-])cc2Br)o1. The topological polar surface area (TPSA) is 82.6 Å². The minimum atomic E-state index is -0.463. The van der Waals surface area contributed by atoms with Gasteiger partial charge in [0.15, 0.2) is 0 Å². The van der Waals surface area contributed by atoms with Crippen LogP contribution in [0.3, 0.4) is 0 Å². The smallest absolute Gasteiger partial charge is 0.343 e. The summed E-state index contributed by atoms with van der Waals surface area (Å²) in [5.74, 6) is 1.03. The fraction of sp³-hybridized carbons (Fsp3) is 0. The van der Waals surface area contributed by atoms with E-state index in [1.54, 1.807) is 30.4 Å². The highest BCUT2D eigenvalue weighted by Crippen LogP contribution is 2.34. The summed E-state index contributed by atoms with van der Waals surface area (Å²) in [6.45, 7) is 0. The fourth-order valence-electron chi connectivity index (χ4n) is 2.78. The summed E-state index contributed by atoms with van der Waals surface area (Å²) in [6, 6.07) is 17.2. The van der Waals surface area contributed by atoms with Crippen molar-refractivity contribution in [3.8, 4) is 11.3 Å². The number of cyclic esters (lactones) is 1. The van der Waals surface area contributed by atoms with Crippen LogP contribution in [-0.2, 0) is 9.53 Å². The summed E-state index contributed by atoms with van der Waals surface area (Å²) < 4.78 is 11.7. The quantitative estimate of drug-likeness (QED) is 0.229. The van der Waals surface area contributed by atoms with E-state index in [4.69, 9.17) is 9.15 Å². The van der Waals surface area contributed by atoms with Gasteiger partial charge < -0.3 is 9.15 Å². The average molecular weight is 438 g/mol. The third-order valence-electron chi connectivity index (χ3n) is 4.14. The molecule has 6 nitrogen and oxygen atoms in total. The van der Waals surface area contributed by atoms with E-state index in [-0.39, 0.29) is 5.69 Å². The molecule has 138 valence electrons. The highest BCUT2D eigenvalue weighted by molar-refractivity contribution is 9.10. The second-order valence-electron chi connectivity index (χ2n) is 5.99. The van der Waals surface area contributed by atoms with Gasteiger partial charge in [-0.2, -0.15) is 0 Å². The van der Waals surface area contributed by atoms with E-state index in [1.807, 2.05) is 30.3 Å². The van der Waals surface area contributed by atoms with Crippen molar-refractivity contribution in [3.63, 3.8) is 0 Å². The van der Waals surface area contributed by atoms with Crippen LogP contribution in [0.1, 0.15) is 11.3 Å². The predicted octanol–water partition coefficient (Wildman–Crippen LogP) is 5.60. The molecule has 0 N–H and O–H groups in total. The molecule has 1 aromatic heterocycles. The van der Waals surface area contributed by atoms with Crippen molar-refractivity contribution in [2.75, 3.05) is 0 Å². The van der Waals surface area contributed by atoms with Gasteiger partial charge in [0.2, 0.25) is 0 Å². The van der Waals surface area contributed by atoms with E-state index in [1.165, 1.54) is 12.1 Å². The van der Waals surface area contributed by atoms with Gasteiger partial charge >= 0.3 is 5.97 Å². The maximum Gasteiger partial charge on any atom is 0.343 e. The first-order valence-corrected chi connectivity index (χ1v) is 9.06. The Balaban J connectivity index is 1.62. The van der Waals surface area contributed by atoms with Crippen LogP contribution in [-0.4, -0.2) is 10.9 Å². The van der Waals surface area contributed by atoms with Crippen molar-refractivity contribution in [3.05, 3.63) is 98.2 Å². The Morgan fingerprint density at radius 1 is 1.04 bits per heavy atom. The van der Waals surface area contributed by atoms with Crippen molar-refractivity contribution in [2.45, 2.75) is 0 Å². The molecule has 7 heteroatoms. The van der Waals surface area contributed by atoms with Crippen molar-refractivity contribution in [2.24, 2.45) is 0 Å². The van der Waals surface area contributed by atoms with Gasteiger partial charge in [0.25, 0.3) is 5.69 Å². The molecule has 0 fully saturated rings. The highest BCUT2D eigenvalue weighted by Gasteiger charge is 2.22. The van der Waals surface area contributed by atoms with Gasteiger partial charge in [0.05, 0.1) is 10.5 Å². The molecule has 0 atom stereocenters. The molecular formula is C21H12BrNO5. The first kappa shape index (κ1) is 17.9. The molecule has 1 aliphatic heterocycles. The summed E-state index contributed by atoms with van der Waals surface area (Å²) in [5.41, 5.74) is 1.85. The zero-order valence-corrected chi connectivity index (χ0v) is 15.9. The second-order valence-corrected chi connectivity index (χ2v) is 6.84. The Morgan fingerprint density at radius 2 is 1.82 bits per heavy atom. The molecule has 4 rings (SSSR count). The molecule has 2 aromatic carbocycles. The zero-order chi connectivity index (χ0) is 19.7. The maximum atomic E-state index is 12.1. The van der Waals surface area contributed by atoms with Gasteiger partial charge in [-0.05, 0) is 46.3 Å². The van der Waals surface area contributed by atoms with Gasteiger partial charge in [-0.3, -0.25) is 10.1 Å². The van der Waals surface area contributed by atoms with Crippen LogP contribution in [0.25, 0.3) is 23.2 Å². The molecule has 0 amide bonds. The van der Waals surface area contributed by atoms with E-state index >= 15 is 0 Å². The Labute approximate surface area is 168 Å². The van der Waals surface area contributed by atoms with Crippen LogP contribution in [0, 0.1) is 10.1 Å². The summed E-state index contributed by atoms with van der Waals surface area (Å²) in [7, 11) is 0. The summed E-state index contributed by atoms with van der Waals surface area (Å²) in [5, 5.41) is 10.9. The van der Waals surface area contributed by atoms with E-state index in [0.29, 0.717) is 32.9 Å². The number of nitro groups is 1. The van der Waals surface area contributed by atoms with Crippen LogP contribution in [0.5, 0.6) is 0 Å². The molecule has 0 spiro atoms. The number of hydrogen-bond acceptors (Lipinski definition) is 5. The third kappa shape index (κ3) is 3.52. The molecule has 2 heterocycles. The molecule has 28 heavy (non-hydrogen) atoms. The molecule has 0 saturated heterocycles. The van der Waals surface area contributed by atoms with Gasteiger partial charge in [-0.25, -0.2) is 4.79 Å². The zero-order valence-electron chi connectivity index (χ0n) is 14.3. The van der Waals surface area contributed by atoms with Crippen LogP contribution in [0.15, 0.2) is 81.2 Å². The second kappa shape index (κ2) is 7.28. The number of rotatable bonds is 4. The monoisotopic (exact) mass is 437 g/mol. The molecule has 3 aromatic rings. The third-order valence-corrected chi connectivity index (χ3v) is 4.79. The number of benzene rings is 2. The Hall–Kier alpha value is -3.45.